The zero-order chi connectivity index (χ0) is 8.91. The fraction of sp³-hybridized carbons (Fsp3) is 0.778. The zero-order valence-electron chi connectivity index (χ0n) is 7.64. The molecule has 0 aromatic rings. The Balaban J connectivity index is 3.46. The second kappa shape index (κ2) is 4.37. The summed E-state index contributed by atoms with van der Waals surface area (Å²) in [5.41, 5.74) is -0.163. The van der Waals surface area contributed by atoms with Gasteiger partial charge in [0.15, 0.2) is 0 Å². The van der Waals surface area contributed by atoms with Crippen molar-refractivity contribution in [2.24, 2.45) is 5.41 Å². The fourth-order valence-electron chi connectivity index (χ4n) is 0.552. The highest BCUT2D eigenvalue weighted by atomic mass is 16.5. The summed E-state index contributed by atoms with van der Waals surface area (Å²) in [6.07, 6.45) is 1.35. The van der Waals surface area contributed by atoms with Gasteiger partial charge in [0.2, 0.25) is 0 Å². The first-order chi connectivity index (χ1) is 4.95. The summed E-state index contributed by atoms with van der Waals surface area (Å²) in [7, 11) is 0. The van der Waals surface area contributed by atoms with Gasteiger partial charge in [-0.2, -0.15) is 0 Å². The summed E-state index contributed by atoms with van der Waals surface area (Å²) in [6, 6.07) is 0. The van der Waals surface area contributed by atoms with Crippen molar-refractivity contribution < 1.29 is 9.53 Å². The molecule has 2 heteroatoms. The monoisotopic (exact) mass is 157 g/mol. The van der Waals surface area contributed by atoms with E-state index in [1.54, 1.807) is 0 Å². The Kier molecular flexibility index (Phi) is 4.16. The Bertz CT molecular complexity index is 122. The van der Waals surface area contributed by atoms with Gasteiger partial charge in [0.25, 0.3) is 0 Å². The summed E-state index contributed by atoms with van der Waals surface area (Å²) in [6.45, 7) is 10.1. The third-order valence-corrected chi connectivity index (χ3v) is 1.08. The highest BCUT2D eigenvalue weighted by Gasteiger charge is 2.12. The van der Waals surface area contributed by atoms with Gasteiger partial charge in [0.1, 0.15) is 0 Å². The molecule has 0 aliphatic rings. The SMILES string of the molecule is [CH2]C(C)(C)COC(=O)CCC. The lowest BCUT2D eigenvalue weighted by Gasteiger charge is -2.17. The summed E-state index contributed by atoms with van der Waals surface area (Å²) in [5.74, 6) is -0.121. The number of carbonyl (C=O) groups excluding carboxylic acids is 1. The van der Waals surface area contributed by atoms with Crippen LogP contribution in [0.5, 0.6) is 0 Å². The lowest BCUT2D eigenvalue weighted by Crippen LogP contribution is -2.18. The van der Waals surface area contributed by atoms with E-state index in [0.29, 0.717) is 13.0 Å². The van der Waals surface area contributed by atoms with E-state index < -0.39 is 0 Å². The first-order valence-electron chi connectivity index (χ1n) is 3.96. The quantitative estimate of drug-likeness (QED) is 0.585. The molecule has 11 heavy (non-hydrogen) atoms. The number of esters is 1. The largest absolute Gasteiger partial charge is 0.465 e. The van der Waals surface area contributed by atoms with Crippen molar-refractivity contribution in [2.75, 3.05) is 6.61 Å². The summed E-state index contributed by atoms with van der Waals surface area (Å²) >= 11 is 0. The van der Waals surface area contributed by atoms with E-state index in [0.717, 1.165) is 6.42 Å². The third-order valence-electron chi connectivity index (χ3n) is 1.08. The highest BCUT2D eigenvalue weighted by Crippen LogP contribution is 2.12. The van der Waals surface area contributed by atoms with E-state index >= 15 is 0 Å². The van der Waals surface area contributed by atoms with Crippen LogP contribution < -0.4 is 0 Å². The van der Waals surface area contributed by atoms with Crippen LogP contribution in [0.2, 0.25) is 0 Å². The number of hydrogen-bond acceptors (Lipinski definition) is 2. The molecular formula is C9H17O2. The molecule has 0 aliphatic heterocycles. The molecule has 0 fully saturated rings. The lowest BCUT2D eigenvalue weighted by molar-refractivity contribution is -0.145. The van der Waals surface area contributed by atoms with Crippen LogP contribution >= 0.6 is 0 Å². The smallest absolute Gasteiger partial charge is 0.305 e. The molecule has 0 bridgehead atoms. The highest BCUT2D eigenvalue weighted by molar-refractivity contribution is 5.69. The second-order valence-electron chi connectivity index (χ2n) is 3.57. The summed E-state index contributed by atoms with van der Waals surface area (Å²) in [4.78, 5) is 10.8. The van der Waals surface area contributed by atoms with Gasteiger partial charge in [0, 0.05) is 6.42 Å². The van der Waals surface area contributed by atoms with E-state index in [2.05, 4.69) is 6.92 Å². The van der Waals surface area contributed by atoms with Gasteiger partial charge < -0.3 is 4.74 Å². The molecule has 0 spiro atoms. The lowest BCUT2D eigenvalue weighted by atomic mass is 9.99. The van der Waals surface area contributed by atoms with E-state index in [-0.39, 0.29) is 11.4 Å². The summed E-state index contributed by atoms with van der Waals surface area (Å²) < 4.78 is 4.95. The van der Waals surface area contributed by atoms with Crippen molar-refractivity contribution in [1.29, 1.82) is 0 Å². The molecule has 0 atom stereocenters. The average Bonchev–Trinajstić information content (AvgIpc) is 1.83. The zero-order valence-corrected chi connectivity index (χ0v) is 7.64. The molecule has 0 aliphatic carbocycles. The molecule has 65 valence electrons. The fourth-order valence-corrected chi connectivity index (χ4v) is 0.552. The number of hydrogen-bond donors (Lipinski definition) is 0. The normalized spacial score (nSPS) is 11.3. The van der Waals surface area contributed by atoms with Crippen LogP contribution in [-0.4, -0.2) is 12.6 Å². The minimum atomic E-state index is -0.163. The standard InChI is InChI=1S/C9H17O2/c1-5-6-8(10)11-7-9(2,3)4/h2,5-7H2,1,3-4H3. The Morgan fingerprint density at radius 3 is 2.45 bits per heavy atom. The second-order valence-corrected chi connectivity index (χ2v) is 3.57. The van der Waals surface area contributed by atoms with Crippen LogP contribution in [0.4, 0.5) is 0 Å². The molecule has 0 saturated heterocycles. The van der Waals surface area contributed by atoms with Crippen LogP contribution in [0.1, 0.15) is 33.6 Å². The van der Waals surface area contributed by atoms with E-state index in [9.17, 15) is 4.79 Å². The first kappa shape index (κ1) is 10.5. The Hall–Kier alpha value is -0.530. The average molecular weight is 157 g/mol. The van der Waals surface area contributed by atoms with Crippen molar-refractivity contribution in [3.8, 4) is 0 Å². The maximum atomic E-state index is 10.8. The van der Waals surface area contributed by atoms with Gasteiger partial charge in [-0.25, -0.2) is 0 Å². The Morgan fingerprint density at radius 1 is 1.55 bits per heavy atom. The maximum absolute atomic E-state index is 10.8. The van der Waals surface area contributed by atoms with Gasteiger partial charge >= 0.3 is 5.97 Å². The summed E-state index contributed by atoms with van der Waals surface area (Å²) in [5, 5.41) is 0. The molecule has 0 heterocycles. The Morgan fingerprint density at radius 2 is 2.09 bits per heavy atom. The number of rotatable bonds is 4. The van der Waals surface area contributed by atoms with Crippen LogP contribution in [0.15, 0.2) is 0 Å². The predicted molar refractivity (Wildman–Crippen MR) is 45.0 cm³/mol. The number of carbonyl (C=O) groups is 1. The molecule has 0 N–H and O–H groups in total. The molecule has 0 aromatic carbocycles. The van der Waals surface area contributed by atoms with Crippen molar-refractivity contribution in [3.05, 3.63) is 6.92 Å². The molecule has 0 rings (SSSR count). The van der Waals surface area contributed by atoms with E-state index in [4.69, 9.17) is 4.74 Å². The van der Waals surface area contributed by atoms with Crippen LogP contribution in [0, 0.1) is 12.3 Å². The van der Waals surface area contributed by atoms with Crippen molar-refractivity contribution in [3.63, 3.8) is 0 Å². The van der Waals surface area contributed by atoms with Crippen LogP contribution in [-0.2, 0) is 9.53 Å². The molecule has 0 saturated carbocycles. The van der Waals surface area contributed by atoms with E-state index in [1.807, 2.05) is 20.8 Å². The molecule has 0 aromatic heterocycles. The number of ether oxygens (including phenoxy) is 1. The molecular weight excluding hydrogens is 140 g/mol. The van der Waals surface area contributed by atoms with E-state index in [1.165, 1.54) is 0 Å². The van der Waals surface area contributed by atoms with Crippen LogP contribution in [0.3, 0.4) is 0 Å². The minimum Gasteiger partial charge on any atom is -0.465 e. The van der Waals surface area contributed by atoms with Gasteiger partial charge in [-0.3, -0.25) is 4.79 Å². The molecule has 2 nitrogen and oxygen atoms in total. The van der Waals surface area contributed by atoms with Crippen molar-refractivity contribution in [2.45, 2.75) is 33.6 Å². The molecule has 0 unspecified atom stereocenters. The van der Waals surface area contributed by atoms with Gasteiger partial charge in [-0.15, -0.1) is 0 Å². The van der Waals surface area contributed by atoms with Gasteiger partial charge in [0.05, 0.1) is 6.61 Å². The molecule has 0 amide bonds. The maximum Gasteiger partial charge on any atom is 0.305 e. The first-order valence-corrected chi connectivity index (χ1v) is 3.96. The Labute approximate surface area is 68.9 Å². The van der Waals surface area contributed by atoms with Crippen LogP contribution in [0.25, 0.3) is 0 Å². The third kappa shape index (κ3) is 7.37. The molecule has 1 radical (unpaired) electrons. The topological polar surface area (TPSA) is 26.3 Å². The minimum absolute atomic E-state index is 0.121. The predicted octanol–water partition coefficient (Wildman–Crippen LogP) is 2.19. The van der Waals surface area contributed by atoms with Crippen molar-refractivity contribution in [1.82, 2.24) is 0 Å². The van der Waals surface area contributed by atoms with Gasteiger partial charge in [-0.05, 0) is 18.8 Å². The van der Waals surface area contributed by atoms with Gasteiger partial charge in [-0.1, -0.05) is 20.8 Å². The van der Waals surface area contributed by atoms with Crippen molar-refractivity contribution >= 4 is 5.97 Å².